The van der Waals surface area contributed by atoms with Crippen LogP contribution >= 0.6 is 0 Å². The third kappa shape index (κ3) is 22.4. The van der Waals surface area contributed by atoms with Crippen molar-refractivity contribution in [2.75, 3.05) is 33.0 Å². The molecule has 0 aliphatic heterocycles. The minimum absolute atomic E-state index is 0.0101. The first kappa shape index (κ1) is 29.5. The Morgan fingerprint density at radius 2 is 1.55 bits per heavy atom. The molecule has 0 fully saturated rings. The molecule has 172 valence electrons. The second kappa shape index (κ2) is 19.6. The summed E-state index contributed by atoms with van der Waals surface area (Å²) in [5.41, 5.74) is 0. The summed E-state index contributed by atoms with van der Waals surface area (Å²) in [4.78, 5) is 34.0. The Bertz CT molecular complexity index is 443. The van der Waals surface area contributed by atoms with E-state index in [0.717, 1.165) is 6.42 Å². The average Bonchev–Trinajstić information content (AvgIpc) is 2.60. The van der Waals surface area contributed by atoms with Gasteiger partial charge in [0.2, 0.25) is 11.8 Å². The standard InChI is InChI=1S/C15H28N2O6.C5H12O/c1-11(2)9-13(19)16-6-4-3-5-12(15(21)22)17-14(20)10-23-8-7-18;1-5(2)3-4-6/h11-12,18H,3-10H2,1-2H3,(H,16,19)(H,17,20)(H,21,22);5-6H,3-4H2,1-2H3. The molecule has 0 aromatic carbocycles. The molecule has 9 nitrogen and oxygen atoms in total. The van der Waals surface area contributed by atoms with Crippen molar-refractivity contribution < 1.29 is 34.4 Å². The number of carbonyl (C=O) groups excluding carboxylic acids is 2. The predicted molar refractivity (Wildman–Crippen MR) is 110 cm³/mol. The molecule has 1 unspecified atom stereocenters. The average molecular weight is 421 g/mol. The fraction of sp³-hybridized carbons (Fsp3) is 0.850. The molecule has 9 heteroatoms. The summed E-state index contributed by atoms with van der Waals surface area (Å²) in [6.07, 6.45) is 2.89. The molecule has 2 amide bonds. The highest BCUT2D eigenvalue weighted by atomic mass is 16.5. The van der Waals surface area contributed by atoms with Crippen molar-refractivity contribution in [1.82, 2.24) is 10.6 Å². The number of aliphatic hydroxyl groups is 2. The van der Waals surface area contributed by atoms with Crippen molar-refractivity contribution in [3.63, 3.8) is 0 Å². The number of carbonyl (C=O) groups is 3. The summed E-state index contributed by atoms with van der Waals surface area (Å²) in [5, 5.41) is 31.0. The van der Waals surface area contributed by atoms with E-state index >= 15 is 0 Å². The van der Waals surface area contributed by atoms with Gasteiger partial charge in [0.15, 0.2) is 0 Å². The van der Waals surface area contributed by atoms with E-state index in [1.165, 1.54) is 0 Å². The van der Waals surface area contributed by atoms with Crippen molar-refractivity contribution in [1.29, 1.82) is 0 Å². The summed E-state index contributed by atoms with van der Waals surface area (Å²) < 4.78 is 4.82. The van der Waals surface area contributed by atoms with E-state index in [-0.39, 0.29) is 32.1 Å². The molecule has 0 radical (unpaired) electrons. The molecule has 0 aromatic heterocycles. The highest BCUT2D eigenvalue weighted by molar-refractivity contribution is 5.84. The first-order chi connectivity index (χ1) is 13.6. The van der Waals surface area contributed by atoms with E-state index in [1.54, 1.807) is 0 Å². The number of unbranched alkanes of at least 4 members (excludes halogenated alkanes) is 1. The van der Waals surface area contributed by atoms with Crippen molar-refractivity contribution in [2.24, 2.45) is 11.8 Å². The van der Waals surface area contributed by atoms with Crippen LogP contribution in [0.2, 0.25) is 0 Å². The molecule has 0 spiro atoms. The van der Waals surface area contributed by atoms with Gasteiger partial charge < -0.3 is 30.7 Å². The fourth-order valence-corrected chi connectivity index (χ4v) is 2.13. The molecule has 1 atom stereocenters. The van der Waals surface area contributed by atoms with Gasteiger partial charge in [-0.05, 0) is 37.5 Å². The van der Waals surface area contributed by atoms with Crippen LogP contribution in [0.3, 0.4) is 0 Å². The van der Waals surface area contributed by atoms with E-state index < -0.39 is 17.9 Å². The lowest BCUT2D eigenvalue weighted by Crippen LogP contribution is -2.42. The maximum absolute atomic E-state index is 11.5. The number of ether oxygens (including phenoxy) is 1. The molecule has 0 saturated carbocycles. The summed E-state index contributed by atoms with van der Waals surface area (Å²) >= 11 is 0. The number of carboxylic acids is 1. The van der Waals surface area contributed by atoms with Gasteiger partial charge in [-0.25, -0.2) is 4.79 Å². The van der Waals surface area contributed by atoms with Crippen molar-refractivity contribution in [3.8, 4) is 0 Å². The van der Waals surface area contributed by atoms with Crippen LogP contribution in [-0.4, -0.2) is 72.1 Å². The topological polar surface area (TPSA) is 145 Å². The Balaban J connectivity index is 0. The maximum atomic E-state index is 11.5. The lowest BCUT2D eigenvalue weighted by atomic mass is 10.1. The van der Waals surface area contributed by atoms with Gasteiger partial charge in [-0.3, -0.25) is 9.59 Å². The zero-order valence-electron chi connectivity index (χ0n) is 18.3. The van der Waals surface area contributed by atoms with Crippen LogP contribution in [0.1, 0.15) is 59.8 Å². The van der Waals surface area contributed by atoms with Gasteiger partial charge >= 0.3 is 5.97 Å². The molecule has 29 heavy (non-hydrogen) atoms. The van der Waals surface area contributed by atoms with Crippen molar-refractivity contribution in [3.05, 3.63) is 0 Å². The second-order valence-electron chi connectivity index (χ2n) is 7.58. The second-order valence-corrected chi connectivity index (χ2v) is 7.58. The first-order valence-electron chi connectivity index (χ1n) is 10.2. The van der Waals surface area contributed by atoms with Crippen LogP contribution in [0.5, 0.6) is 0 Å². The molecule has 0 aliphatic rings. The zero-order valence-corrected chi connectivity index (χ0v) is 18.3. The maximum Gasteiger partial charge on any atom is 0.326 e. The lowest BCUT2D eigenvalue weighted by Gasteiger charge is -2.14. The number of aliphatic hydroxyl groups excluding tert-OH is 2. The van der Waals surface area contributed by atoms with Gasteiger partial charge in [-0.1, -0.05) is 27.7 Å². The third-order valence-corrected chi connectivity index (χ3v) is 3.64. The molecule has 0 heterocycles. The zero-order chi connectivity index (χ0) is 22.7. The molecule has 5 N–H and O–H groups in total. The quantitative estimate of drug-likeness (QED) is 0.248. The largest absolute Gasteiger partial charge is 0.480 e. The van der Waals surface area contributed by atoms with Crippen LogP contribution in [0.15, 0.2) is 0 Å². The minimum Gasteiger partial charge on any atom is -0.480 e. The summed E-state index contributed by atoms with van der Waals surface area (Å²) in [6, 6.07) is -0.980. The van der Waals surface area contributed by atoms with Crippen molar-refractivity contribution in [2.45, 2.75) is 65.8 Å². The van der Waals surface area contributed by atoms with Gasteiger partial charge in [-0.15, -0.1) is 0 Å². The number of hydrogen-bond donors (Lipinski definition) is 5. The normalized spacial score (nSPS) is 11.6. The van der Waals surface area contributed by atoms with Gasteiger partial charge in [0, 0.05) is 19.6 Å². The molecule has 0 aromatic rings. The number of aliphatic carboxylic acids is 1. The lowest BCUT2D eigenvalue weighted by molar-refractivity contribution is -0.142. The SMILES string of the molecule is CC(C)CC(=O)NCCCCC(NC(=O)COCCO)C(=O)O.CC(C)CCO. The van der Waals surface area contributed by atoms with Crippen molar-refractivity contribution >= 4 is 17.8 Å². The number of rotatable bonds is 15. The van der Waals surface area contributed by atoms with Gasteiger partial charge in [0.05, 0.1) is 13.2 Å². The van der Waals surface area contributed by atoms with Crippen LogP contribution in [0, 0.1) is 11.8 Å². The molecule has 0 saturated heterocycles. The van der Waals surface area contributed by atoms with E-state index in [1.807, 2.05) is 13.8 Å². The highest BCUT2D eigenvalue weighted by Crippen LogP contribution is 2.02. The summed E-state index contributed by atoms with van der Waals surface area (Å²) in [7, 11) is 0. The Labute approximate surface area is 174 Å². The number of amides is 2. The Kier molecular flexibility index (Phi) is 19.9. The predicted octanol–water partition coefficient (Wildman–Crippen LogP) is 0.922. The van der Waals surface area contributed by atoms with Crippen LogP contribution in [0.4, 0.5) is 0 Å². The van der Waals surface area contributed by atoms with Crippen LogP contribution in [0.25, 0.3) is 0 Å². The van der Waals surface area contributed by atoms with Gasteiger partial charge in [0.1, 0.15) is 12.6 Å². The van der Waals surface area contributed by atoms with Gasteiger partial charge in [0.25, 0.3) is 0 Å². The molecular weight excluding hydrogens is 380 g/mol. The monoisotopic (exact) mass is 420 g/mol. The smallest absolute Gasteiger partial charge is 0.326 e. The molecule has 0 bridgehead atoms. The number of hydrogen-bond acceptors (Lipinski definition) is 6. The van der Waals surface area contributed by atoms with Gasteiger partial charge in [-0.2, -0.15) is 0 Å². The highest BCUT2D eigenvalue weighted by Gasteiger charge is 2.19. The van der Waals surface area contributed by atoms with E-state index in [4.69, 9.17) is 20.1 Å². The summed E-state index contributed by atoms with van der Waals surface area (Å²) in [6.45, 7) is 8.48. The van der Waals surface area contributed by atoms with E-state index in [2.05, 4.69) is 24.5 Å². The minimum atomic E-state index is -1.11. The van der Waals surface area contributed by atoms with E-state index in [9.17, 15) is 14.4 Å². The summed E-state index contributed by atoms with van der Waals surface area (Å²) in [5.74, 6) is -0.700. The number of nitrogens with one attached hydrogen (secondary N) is 2. The Morgan fingerprint density at radius 3 is 2.00 bits per heavy atom. The third-order valence-electron chi connectivity index (χ3n) is 3.64. The van der Waals surface area contributed by atoms with E-state index in [0.29, 0.717) is 44.2 Å². The fourth-order valence-electron chi connectivity index (χ4n) is 2.13. The van der Waals surface area contributed by atoms with Crippen LogP contribution in [-0.2, 0) is 19.1 Å². The van der Waals surface area contributed by atoms with Crippen LogP contribution < -0.4 is 10.6 Å². The first-order valence-corrected chi connectivity index (χ1v) is 10.2. The molecule has 0 rings (SSSR count). The Morgan fingerprint density at radius 1 is 0.897 bits per heavy atom. The Hall–Kier alpha value is -1.71. The molecule has 0 aliphatic carbocycles. The number of carboxylic acid groups (broad SMARTS) is 1. The molecular formula is C20H40N2O7.